The van der Waals surface area contributed by atoms with Crippen molar-refractivity contribution in [3.63, 3.8) is 0 Å². The Balaban J connectivity index is 2.18. The molecule has 2 N–H and O–H groups in total. The Bertz CT molecular complexity index is 385. The number of pyridine rings is 1. The molecule has 2 unspecified atom stereocenters. The van der Waals surface area contributed by atoms with E-state index in [0.717, 1.165) is 29.8 Å². The van der Waals surface area contributed by atoms with Crippen molar-refractivity contribution < 1.29 is 0 Å². The highest BCUT2D eigenvalue weighted by atomic mass is 79.9. The van der Waals surface area contributed by atoms with E-state index >= 15 is 0 Å². The molecule has 0 bridgehead atoms. The second-order valence-electron chi connectivity index (χ2n) is 4.33. The van der Waals surface area contributed by atoms with Crippen LogP contribution in [-0.2, 0) is 0 Å². The molecule has 1 fully saturated rings. The van der Waals surface area contributed by atoms with Gasteiger partial charge in [0.05, 0.1) is 5.02 Å². The predicted molar refractivity (Wildman–Crippen MR) is 70.9 cm³/mol. The summed E-state index contributed by atoms with van der Waals surface area (Å²) in [6.45, 7) is 4.00. The number of halogens is 2. The third-order valence-corrected chi connectivity index (χ3v) is 3.82. The van der Waals surface area contributed by atoms with Crippen LogP contribution in [0.4, 0.5) is 5.82 Å². The van der Waals surface area contributed by atoms with Gasteiger partial charge in [0.15, 0.2) is 0 Å². The summed E-state index contributed by atoms with van der Waals surface area (Å²) >= 11 is 9.52. The van der Waals surface area contributed by atoms with Crippen LogP contribution in [0, 0.1) is 5.92 Å². The Morgan fingerprint density at radius 3 is 3.00 bits per heavy atom. The monoisotopic (exact) mass is 303 g/mol. The lowest BCUT2D eigenvalue weighted by molar-refractivity contribution is 0.378. The van der Waals surface area contributed by atoms with E-state index in [4.69, 9.17) is 17.3 Å². The number of aromatic nitrogens is 1. The lowest BCUT2D eigenvalue weighted by Gasteiger charge is -2.36. The lowest BCUT2D eigenvalue weighted by Crippen LogP contribution is -2.48. The highest BCUT2D eigenvalue weighted by Gasteiger charge is 2.25. The first-order valence-electron chi connectivity index (χ1n) is 5.39. The van der Waals surface area contributed by atoms with Crippen molar-refractivity contribution in [3.8, 4) is 0 Å². The van der Waals surface area contributed by atoms with Crippen LogP contribution in [0.25, 0.3) is 0 Å². The van der Waals surface area contributed by atoms with Gasteiger partial charge in [-0.05, 0) is 34.3 Å². The zero-order valence-corrected chi connectivity index (χ0v) is 11.5. The van der Waals surface area contributed by atoms with E-state index in [2.05, 4.69) is 32.7 Å². The number of nitrogens with zero attached hydrogens (tertiary/aromatic N) is 2. The number of hydrogen-bond acceptors (Lipinski definition) is 3. The summed E-state index contributed by atoms with van der Waals surface area (Å²) in [6, 6.07) is 2.07. The highest BCUT2D eigenvalue weighted by molar-refractivity contribution is 9.10. The van der Waals surface area contributed by atoms with E-state index in [1.54, 1.807) is 6.20 Å². The molecule has 1 aromatic rings. The number of piperidine rings is 1. The van der Waals surface area contributed by atoms with E-state index in [-0.39, 0.29) is 6.04 Å². The molecule has 0 aromatic carbocycles. The van der Waals surface area contributed by atoms with Gasteiger partial charge in [-0.1, -0.05) is 18.5 Å². The Morgan fingerprint density at radius 1 is 1.62 bits per heavy atom. The number of rotatable bonds is 1. The molecular weight excluding hydrogens is 289 g/mol. The van der Waals surface area contributed by atoms with E-state index in [1.807, 2.05) is 6.07 Å². The highest BCUT2D eigenvalue weighted by Crippen LogP contribution is 2.29. The molecular formula is C11H15BrClN3. The summed E-state index contributed by atoms with van der Waals surface area (Å²) < 4.78 is 0.899. The van der Waals surface area contributed by atoms with Gasteiger partial charge in [0, 0.05) is 29.8 Å². The van der Waals surface area contributed by atoms with Gasteiger partial charge in [0.1, 0.15) is 5.82 Å². The van der Waals surface area contributed by atoms with Crippen molar-refractivity contribution in [2.45, 2.75) is 19.4 Å². The van der Waals surface area contributed by atoms with Gasteiger partial charge in [0.2, 0.25) is 0 Å². The standard InChI is InChI=1S/C11H15BrClN3/c1-7-2-3-16(6-10(7)14)11-9(13)4-8(12)5-15-11/h4-5,7,10H,2-3,6,14H2,1H3. The van der Waals surface area contributed by atoms with E-state index in [1.165, 1.54) is 0 Å². The quantitative estimate of drug-likeness (QED) is 0.867. The molecule has 3 nitrogen and oxygen atoms in total. The molecule has 0 aliphatic carbocycles. The number of hydrogen-bond donors (Lipinski definition) is 1. The summed E-state index contributed by atoms with van der Waals surface area (Å²) in [5, 5.41) is 0.677. The van der Waals surface area contributed by atoms with Gasteiger partial charge >= 0.3 is 0 Å². The average molecular weight is 305 g/mol. The van der Waals surface area contributed by atoms with Crippen LogP contribution < -0.4 is 10.6 Å². The van der Waals surface area contributed by atoms with Crippen LogP contribution in [0.1, 0.15) is 13.3 Å². The van der Waals surface area contributed by atoms with Crippen molar-refractivity contribution in [1.29, 1.82) is 0 Å². The van der Waals surface area contributed by atoms with Crippen molar-refractivity contribution in [2.75, 3.05) is 18.0 Å². The Kier molecular flexibility index (Phi) is 3.72. The third kappa shape index (κ3) is 2.50. The molecule has 1 aromatic heterocycles. The fourth-order valence-electron chi connectivity index (χ4n) is 1.93. The maximum absolute atomic E-state index is 6.17. The molecule has 1 saturated heterocycles. The fourth-order valence-corrected chi connectivity index (χ4v) is 2.68. The lowest BCUT2D eigenvalue weighted by atomic mass is 9.94. The Hall–Kier alpha value is -0.320. The molecule has 88 valence electrons. The maximum atomic E-state index is 6.17. The van der Waals surface area contributed by atoms with Crippen molar-refractivity contribution in [3.05, 3.63) is 21.8 Å². The largest absolute Gasteiger partial charge is 0.354 e. The van der Waals surface area contributed by atoms with Crippen LogP contribution in [0.5, 0.6) is 0 Å². The smallest absolute Gasteiger partial charge is 0.147 e. The summed E-state index contributed by atoms with van der Waals surface area (Å²) in [4.78, 5) is 6.52. The minimum Gasteiger partial charge on any atom is -0.354 e. The van der Waals surface area contributed by atoms with E-state index in [0.29, 0.717) is 10.9 Å². The van der Waals surface area contributed by atoms with Gasteiger partial charge in [-0.15, -0.1) is 0 Å². The third-order valence-electron chi connectivity index (χ3n) is 3.10. The second kappa shape index (κ2) is 4.90. The molecule has 2 rings (SSSR count). The summed E-state index contributed by atoms with van der Waals surface area (Å²) in [5.41, 5.74) is 6.06. The topological polar surface area (TPSA) is 42.2 Å². The van der Waals surface area contributed by atoms with Crippen LogP contribution >= 0.6 is 27.5 Å². The first-order valence-corrected chi connectivity index (χ1v) is 6.56. The normalized spacial score (nSPS) is 25.9. The second-order valence-corrected chi connectivity index (χ2v) is 5.66. The molecule has 16 heavy (non-hydrogen) atoms. The SMILES string of the molecule is CC1CCN(c2ncc(Br)cc2Cl)CC1N. The minimum atomic E-state index is 0.204. The average Bonchev–Trinajstić information content (AvgIpc) is 2.22. The van der Waals surface area contributed by atoms with Crippen LogP contribution in [0.3, 0.4) is 0 Å². The molecule has 5 heteroatoms. The maximum Gasteiger partial charge on any atom is 0.147 e. The Morgan fingerprint density at radius 2 is 2.38 bits per heavy atom. The van der Waals surface area contributed by atoms with Crippen molar-refractivity contribution >= 4 is 33.3 Å². The zero-order chi connectivity index (χ0) is 11.7. The number of nitrogens with two attached hydrogens (primary N) is 1. The predicted octanol–water partition coefficient (Wildman–Crippen LogP) is 2.67. The molecule has 2 heterocycles. The van der Waals surface area contributed by atoms with Gasteiger partial charge < -0.3 is 10.6 Å². The number of anilines is 1. The van der Waals surface area contributed by atoms with Crippen LogP contribution in [0.2, 0.25) is 5.02 Å². The minimum absolute atomic E-state index is 0.204. The molecule has 0 radical (unpaired) electrons. The Labute approximate surface area is 109 Å². The molecule has 1 aliphatic rings. The van der Waals surface area contributed by atoms with Crippen LogP contribution in [0.15, 0.2) is 16.7 Å². The van der Waals surface area contributed by atoms with Crippen LogP contribution in [-0.4, -0.2) is 24.1 Å². The molecule has 2 atom stereocenters. The van der Waals surface area contributed by atoms with Gasteiger partial charge in [-0.2, -0.15) is 0 Å². The van der Waals surface area contributed by atoms with Gasteiger partial charge in [-0.25, -0.2) is 4.98 Å². The molecule has 0 saturated carbocycles. The van der Waals surface area contributed by atoms with Crippen molar-refractivity contribution in [1.82, 2.24) is 4.98 Å². The van der Waals surface area contributed by atoms with Gasteiger partial charge in [0.25, 0.3) is 0 Å². The first-order chi connectivity index (χ1) is 7.58. The molecule has 1 aliphatic heterocycles. The van der Waals surface area contributed by atoms with Crippen molar-refractivity contribution in [2.24, 2.45) is 11.7 Å². The van der Waals surface area contributed by atoms with Gasteiger partial charge in [-0.3, -0.25) is 0 Å². The first kappa shape index (κ1) is 12.1. The summed E-state index contributed by atoms with van der Waals surface area (Å²) in [7, 11) is 0. The zero-order valence-electron chi connectivity index (χ0n) is 9.16. The molecule has 0 spiro atoms. The van der Waals surface area contributed by atoms with E-state index < -0.39 is 0 Å². The summed E-state index contributed by atoms with van der Waals surface area (Å²) in [5.74, 6) is 1.41. The van der Waals surface area contributed by atoms with E-state index in [9.17, 15) is 0 Å². The fraction of sp³-hybridized carbons (Fsp3) is 0.545. The summed E-state index contributed by atoms with van der Waals surface area (Å²) in [6.07, 6.45) is 2.86. The molecule has 0 amide bonds.